The van der Waals surface area contributed by atoms with E-state index >= 15 is 0 Å². The third-order valence-electron chi connectivity index (χ3n) is 3.41. The highest BCUT2D eigenvalue weighted by Gasteiger charge is 2.28. The molecule has 2 N–H and O–H groups in total. The quantitative estimate of drug-likeness (QED) is 0.663. The average Bonchev–Trinajstić information content (AvgIpc) is 2.93. The van der Waals surface area contributed by atoms with Crippen molar-refractivity contribution in [2.75, 3.05) is 13.1 Å². The van der Waals surface area contributed by atoms with Gasteiger partial charge in [-0.2, -0.15) is 0 Å². The predicted octanol–water partition coefficient (Wildman–Crippen LogP) is 2.74. The topological polar surface area (TPSA) is 74.7 Å². The van der Waals surface area contributed by atoms with Gasteiger partial charge in [0.2, 0.25) is 0 Å². The molecule has 1 fully saturated rings. The third-order valence-corrected chi connectivity index (χ3v) is 3.41. The monoisotopic (exact) mass is 319 g/mol. The number of carbonyl (C=O) groups is 1. The fraction of sp³-hybridized carbons (Fsp3) is 0.529. The lowest BCUT2D eigenvalue weighted by Gasteiger charge is -2.26. The number of hydrogen-bond acceptors (Lipinski definition) is 4. The first-order valence-electron chi connectivity index (χ1n) is 7.83. The molecule has 1 aromatic carbocycles. The SMILES string of the molecule is CC(C)(C)OC(=N)N1CC[C@@H](NC(=O)OCc2ccccc2)C1. The molecule has 1 aromatic rings. The molecule has 2 rings (SSSR count). The summed E-state index contributed by atoms with van der Waals surface area (Å²) in [7, 11) is 0. The van der Waals surface area contributed by atoms with Crippen molar-refractivity contribution in [3.63, 3.8) is 0 Å². The van der Waals surface area contributed by atoms with E-state index in [9.17, 15) is 4.79 Å². The summed E-state index contributed by atoms with van der Waals surface area (Å²) in [5.41, 5.74) is 0.563. The molecule has 1 aliphatic heterocycles. The summed E-state index contributed by atoms with van der Waals surface area (Å²) in [6.07, 6.45) is 0.347. The minimum atomic E-state index is -0.427. The second-order valence-electron chi connectivity index (χ2n) is 6.66. The lowest BCUT2D eigenvalue weighted by Crippen LogP contribution is -2.40. The Balaban J connectivity index is 1.72. The van der Waals surface area contributed by atoms with Crippen LogP contribution in [0, 0.1) is 5.41 Å². The van der Waals surface area contributed by atoms with Crippen molar-refractivity contribution in [2.45, 2.75) is 45.4 Å². The average molecular weight is 319 g/mol. The van der Waals surface area contributed by atoms with Crippen LogP contribution in [0.25, 0.3) is 0 Å². The van der Waals surface area contributed by atoms with Crippen LogP contribution in [0.1, 0.15) is 32.8 Å². The zero-order valence-electron chi connectivity index (χ0n) is 14.0. The van der Waals surface area contributed by atoms with Gasteiger partial charge >= 0.3 is 6.09 Å². The van der Waals surface area contributed by atoms with Crippen LogP contribution >= 0.6 is 0 Å². The van der Waals surface area contributed by atoms with Crippen LogP contribution in [0.2, 0.25) is 0 Å². The summed E-state index contributed by atoms with van der Waals surface area (Å²) < 4.78 is 10.8. The van der Waals surface area contributed by atoms with Crippen molar-refractivity contribution in [2.24, 2.45) is 0 Å². The van der Waals surface area contributed by atoms with Gasteiger partial charge in [-0.05, 0) is 32.8 Å². The van der Waals surface area contributed by atoms with Crippen molar-refractivity contribution in [3.8, 4) is 0 Å². The molecule has 0 aliphatic carbocycles. The normalized spacial score (nSPS) is 17.7. The Hall–Kier alpha value is -2.24. The highest BCUT2D eigenvalue weighted by Crippen LogP contribution is 2.14. The molecule has 1 amide bonds. The first-order chi connectivity index (χ1) is 10.8. The highest BCUT2D eigenvalue weighted by molar-refractivity contribution is 5.72. The standard InChI is InChI=1S/C17H25N3O3/c1-17(2,3)23-15(18)20-10-9-14(11-20)19-16(21)22-12-13-7-5-4-6-8-13/h4-8,14,18H,9-12H2,1-3H3,(H,19,21)/t14-/m1/s1. The number of alkyl carbamates (subject to hydrolysis) is 1. The highest BCUT2D eigenvalue weighted by atomic mass is 16.5. The molecule has 0 bridgehead atoms. The van der Waals surface area contributed by atoms with Crippen LogP contribution in [0.3, 0.4) is 0 Å². The molecule has 1 heterocycles. The molecule has 0 spiro atoms. The number of nitrogens with one attached hydrogen (secondary N) is 2. The maximum absolute atomic E-state index is 11.8. The van der Waals surface area contributed by atoms with Gasteiger partial charge in [0.15, 0.2) is 0 Å². The zero-order valence-corrected chi connectivity index (χ0v) is 14.0. The van der Waals surface area contributed by atoms with E-state index in [0.717, 1.165) is 12.0 Å². The lowest BCUT2D eigenvalue weighted by atomic mass is 10.2. The Morgan fingerprint density at radius 3 is 2.70 bits per heavy atom. The van der Waals surface area contributed by atoms with Gasteiger partial charge in [0.05, 0.1) is 6.04 Å². The number of rotatable bonds is 3. The number of amides is 1. The summed E-state index contributed by atoms with van der Waals surface area (Å²) in [6, 6.07) is 9.69. The van der Waals surface area contributed by atoms with E-state index in [4.69, 9.17) is 14.9 Å². The van der Waals surface area contributed by atoms with Crippen LogP contribution in [0.15, 0.2) is 30.3 Å². The fourth-order valence-electron chi connectivity index (χ4n) is 2.35. The molecule has 1 saturated heterocycles. The summed E-state index contributed by atoms with van der Waals surface area (Å²) in [6.45, 7) is 7.25. The van der Waals surface area contributed by atoms with E-state index in [-0.39, 0.29) is 18.7 Å². The van der Waals surface area contributed by atoms with E-state index in [0.29, 0.717) is 13.1 Å². The second-order valence-corrected chi connectivity index (χ2v) is 6.66. The number of nitrogens with zero attached hydrogens (tertiary/aromatic N) is 1. The lowest BCUT2D eigenvalue weighted by molar-refractivity contribution is 0.0882. The van der Waals surface area contributed by atoms with Gasteiger partial charge in [-0.25, -0.2) is 4.79 Å². The molecule has 0 saturated carbocycles. The number of benzene rings is 1. The van der Waals surface area contributed by atoms with E-state index in [1.165, 1.54) is 0 Å². The van der Waals surface area contributed by atoms with Gasteiger partial charge in [0.1, 0.15) is 12.2 Å². The van der Waals surface area contributed by atoms with Crippen LogP contribution in [0.5, 0.6) is 0 Å². The summed E-state index contributed by atoms with van der Waals surface area (Å²) in [4.78, 5) is 13.7. The molecular weight excluding hydrogens is 294 g/mol. The molecule has 6 heteroatoms. The maximum Gasteiger partial charge on any atom is 0.407 e. The predicted molar refractivity (Wildman–Crippen MR) is 88.3 cm³/mol. The molecule has 1 atom stereocenters. The Morgan fingerprint density at radius 2 is 2.04 bits per heavy atom. The number of amidine groups is 1. The number of likely N-dealkylation sites (tertiary alicyclic amines) is 1. The van der Waals surface area contributed by atoms with Crippen LogP contribution in [-0.4, -0.2) is 41.7 Å². The van der Waals surface area contributed by atoms with Gasteiger partial charge in [0, 0.05) is 13.1 Å². The minimum absolute atomic E-state index is 0.0257. The molecular formula is C17H25N3O3. The van der Waals surface area contributed by atoms with E-state index in [2.05, 4.69) is 5.32 Å². The molecule has 126 valence electrons. The minimum Gasteiger partial charge on any atom is -0.460 e. The number of carbonyl (C=O) groups excluding carboxylic acids is 1. The fourth-order valence-corrected chi connectivity index (χ4v) is 2.35. The number of hydrogen-bond donors (Lipinski definition) is 2. The molecule has 0 radical (unpaired) electrons. The molecule has 6 nitrogen and oxygen atoms in total. The molecule has 0 unspecified atom stereocenters. The molecule has 0 aromatic heterocycles. The van der Waals surface area contributed by atoms with Crippen LogP contribution < -0.4 is 5.32 Å². The van der Waals surface area contributed by atoms with Crippen LogP contribution in [-0.2, 0) is 16.1 Å². The van der Waals surface area contributed by atoms with E-state index < -0.39 is 11.7 Å². The number of ether oxygens (including phenoxy) is 2. The Bertz CT molecular complexity index is 540. The molecule has 23 heavy (non-hydrogen) atoms. The van der Waals surface area contributed by atoms with Crippen molar-refractivity contribution >= 4 is 12.1 Å². The Labute approximate surface area is 137 Å². The van der Waals surface area contributed by atoms with Crippen LogP contribution in [0.4, 0.5) is 4.79 Å². The zero-order chi connectivity index (χ0) is 16.9. The van der Waals surface area contributed by atoms with Gasteiger partial charge < -0.3 is 19.7 Å². The first-order valence-corrected chi connectivity index (χ1v) is 7.83. The van der Waals surface area contributed by atoms with E-state index in [1.54, 1.807) is 0 Å². The Morgan fingerprint density at radius 1 is 1.35 bits per heavy atom. The summed E-state index contributed by atoms with van der Waals surface area (Å²) in [5, 5.41) is 10.8. The maximum atomic E-state index is 11.8. The van der Waals surface area contributed by atoms with Gasteiger partial charge in [-0.15, -0.1) is 0 Å². The summed E-state index contributed by atoms with van der Waals surface area (Å²) >= 11 is 0. The third kappa shape index (κ3) is 5.81. The van der Waals surface area contributed by atoms with Gasteiger partial charge in [0.25, 0.3) is 6.02 Å². The second kappa shape index (κ2) is 7.35. The van der Waals surface area contributed by atoms with E-state index in [1.807, 2.05) is 56.0 Å². The van der Waals surface area contributed by atoms with Crippen molar-refractivity contribution in [1.29, 1.82) is 5.41 Å². The first kappa shape index (κ1) is 17.1. The van der Waals surface area contributed by atoms with Gasteiger partial charge in [-0.3, -0.25) is 5.41 Å². The van der Waals surface area contributed by atoms with Crippen molar-refractivity contribution in [1.82, 2.24) is 10.2 Å². The largest absolute Gasteiger partial charge is 0.460 e. The van der Waals surface area contributed by atoms with Gasteiger partial charge in [-0.1, -0.05) is 30.3 Å². The smallest absolute Gasteiger partial charge is 0.407 e. The van der Waals surface area contributed by atoms with Crippen molar-refractivity contribution in [3.05, 3.63) is 35.9 Å². The summed E-state index contributed by atoms with van der Waals surface area (Å²) in [5.74, 6) is 0. The Kier molecular flexibility index (Phi) is 5.47. The molecule has 1 aliphatic rings. The van der Waals surface area contributed by atoms with Crippen molar-refractivity contribution < 1.29 is 14.3 Å².